The lowest BCUT2D eigenvalue weighted by Crippen LogP contribution is -2.38. The number of aromatic nitrogens is 1. The Morgan fingerprint density at radius 3 is 2.72 bits per heavy atom. The molecule has 0 saturated carbocycles. The van der Waals surface area contributed by atoms with Gasteiger partial charge in [0.15, 0.2) is 5.96 Å². The molecular formula is C22H27FN4O2. The highest BCUT2D eigenvalue weighted by Gasteiger charge is 2.09. The van der Waals surface area contributed by atoms with Crippen LogP contribution in [0.1, 0.15) is 24.2 Å². The maximum Gasteiger partial charge on any atom is 0.191 e. The van der Waals surface area contributed by atoms with Gasteiger partial charge in [-0.05, 0) is 54.8 Å². The Hall–Kier alpha value is -3.06. The van der Waals surface area contributed by atoms with Gasteiger partial charge in [0.2, 0.25) is 0 Å². The predicted octanol–water partition coefficient (Wildman–Crippen LogP) is 3.15. The summed E-state index contributed by atoms with van der Waals surface area (Å²) < 4.78 is 18.6. The standard InChI is InChI=1S/C22H27FN4O2/c1-3-24-22(27-14-21(28)15-4-7-18(29-2)8-5-15)25-11-10-16-13-26-20-9-6-17(23)12-19(16)20/h4-9,12-13,21,26,28H,3,10-11,14H2,1-2H3,(H2,24,25,27). The van der Waals surface area contributed by atoms with Gasteiger partial charge in [0.25, 0.3) is 0 Å². The highest BCUT2D eigenvalue weighted by atomic mass is 19.1. The molecule has 3 aromatic rings. The monoisotopic (exact) mass is 398 g/mol. The van der Waals surface area contributed by atoms with E-state index >= 15 is 0 Å². The SMILES string of the molecule is CCNC(=NCC(O)c1ccc(OC)cc1)NCCc1c[nH]c2ccc(F)cc12. The van der Waals surface area contributed by atoms with Crippen molar-refractivity contribution in [2.24, 2.45) is 4.99 Å². The van der Waals surface area contributed by atoms with Gasteiger partial charge >= 0.3 is 0 Å². The van der Waals surface area contributed by atoms with Crippen LogP contribution >= 0.6 is 0 Å². The van der Waals surface area contributed by atoms with E-state index in [2.05, 4.69) is 20.6 Å². The van der Waals surface area contributed by atoms with Crippen molar-refractivity contribution in [1.29, 1.82) is 0 Å². The van der Waals surface area contributed by atoms with E-state index in [0.717, 1.165) is 34.2 Å². The van der Waals surface area contributed by atoms with Crippen LogP contribution in [0.25, 0.3) is 10.9 Å². The number of fused-ring (bicyclic) bond motifs is 1. The van der Waals surface area contributed by atoms with E-state index in [-0.39, 0.29) is 12.4 Å². The molecule has 3 rings (SSSR count). The van der Waals surface area contributed by atoms with Gasteiger partial charge in [-0.2, -0.15) is 0 Å². The van der Waals surface area contributed by atoms with Gasteiger partial charge in [-0.15, -0.1) is 0 Å². The molecule has 7 heteroatoms. The largest absolute Gasteiger partial charge is 0.497 e. The van der Waals surface area contributed by atoms with Crippen LogP contribution in [0.5, 0.6) is 5.75 Å². The number of nitrogens with zero attached hydrogens (tertiary/aromatic N) is 1. The van der Waals surface area contributed by atoms with Crippen LogP contribution < -0.4 is 15.4 Å². The van der Waals surface area contributed by atoms with Gasteiger partial charge in [0, 0.05) is 30.2 Å². The Bertz CT molecular complexity index is 953. The number of halogens is 1. The number of hydrogen-bond donors (Lipinski definition) is 4. The van der Waals surface area contributed by atoms with E-state index in [1.165, 1.54) is 6.07 Å². The van der Waals surface area contributed by atoms with Gasteiger partial charge in [-0.1, -0.05) is 12.1 Å². The fourth-order valence-electron chi connectivity index (χ4n) is 3.12. The van der Waals surface area contributed by atoms with Crippen LogP contribution in [0.2, 0.25) is 0 Å². The summed E-state index contributed by atoms with van der Waals surface area (Å²) in [5, 5.41) is 17.7. The number of H-pyrrole nitrogens is 1. The average Bonchev–Trinajstić information content (AvgIpc) is 3.14. The number of aliphatic hydroxyl groups excluding tert-OH is 1. The van der Waals surface area contributed by atoms with E-state index in [1.54, 1.807) is 19.2 Å². The molecule has 1 unspecified atom stereocenters. The Kier molecular flexibility index (Phi) is 7.08. The molecule has 1 atom stereocenters. The molecule has 2 aromatic carbocycles. The molecule has 0 amide bonds. The molecule has 154 valence electrons. The molecule has 0 spiro atoms. The minimum Gasteiger partial charge on any atom is -0.497 e. The molecule has 1 aromatic heterocycles. The fourth-order valence-corrected chi connectivity index (χ4v) is 3.12. The lowest BCUT2D eigenvalue weighted by molar-refractivity contribution is 0.187. The first-order valence-corrected chi connectivity index (χ1v) is 9.70. The highest BCUT2D eigenvalue weighted by molar-refractivity contribution is 5.83. The maximum absolute atomic E-state index is 13.5. The molecule has 29 heavy (non-hydrogen) atoms. The van der Waals surface area contributed by atoms with Crippen LogP contribution in [-0.4, -0.2) is 42.8 Å². The topological polar surface area (TPSA) is 81.7 Å². The lowest BCUT2D eigenvalue weighted by atomic mass is 10.1. The predicted molar refractivity (Wildman–Crippen MR) is 114 cm³/mol. The van der Waals surface area contributed by atoms with E-state index < -0.39 is 6.10 Å². The van der Waals surface area contributed by atoms with Crippen molar-refractivity contribution in [3.05, 3.63) is 65.6 Å². The van der Waals surface area contributed by atoms with Gasteiger partial charge in [0.05, 0.1) is 19.8 Å². The Labute approximate surface area is 169 Å². The summed E-state index contributed by atoms with van der Waals surface area (Å²) in [7, 11) is 1.61. The quantitative estimate of drug-likeness (QED) is 0.347. The van der Waals surface area contributed by atoms with Crippen molar-refractivity contribution in [2.75, 3.05) is 26.7 Å². The highest BCUT2D eigenvalue weighted by Crippen LogP contribution is 2.20. The van der Waals surface area contributed by atoms with Gasteiger partial charge < -0.3 is 25.5 Å². The van der Waals surface area contributed by atoms with Crippen LogP contribution in [0.3, 0.4) is 0 Å². The first-order chi connectivity index (χ1) is 14.1. The average molecular weight is 398 g/mol. The van der Waals surface area contributed by atoms with Crippen molar-refractivity contribution in [1.82, 2.24) is 15.6 Å². The van der Waals surface area contributed by atoms with Gasteiger partial charge in [-0.3, -0.25) is 4.99 Å². The summed E-state index contributed by atoms with van der Waals surface area (Å²) in [4.78, 5) is 7.64. The zero-order valence-corrected chi connectivity index (χ0v) is 16.7. The third-order valence-electron chi connectivity index (χ3n) is 4.68. The molecule has 0 aliphatic rings. The zero-order chi connectivity index (χ0) is 20.6. The molecule has 6 nitrogen and oxygen atoms in total. The van der Waals surface area contributed by atoms with Crippen LogP contribution in [0.15, 0.2) is 53.7 Å². The van der Waals surface area contributed by atoms with Crippen molar-refractivity contribution in [3.8, 4) is 5.75 Å². The van der Waals surface area contributed by atoms with Crippen LogP contribution in [0.4, 0.5) is 4.39 Å². The summed E-state index contributed by atoms with van der Waals surface area (Å²) in [6, 6.07) is 12.0. The molecule has 0 aliphatic carbocycles. The molecular weight excluding hydrogens is 371 g/mol. The van der Waals surface area contributed by atoms with Gasteiger partial charge in [-0.25, -0.2) is 4.39 Å². The molecule has 1 heterocycles. The zero-order valence-electron chi connectivity index (χ0n) is 16.7. The number of aliphatic hydroxyl groups is 1. The second-order valence-electron chi connectivity index (χ2n) is 6.69. The van der Waals surface area contributed by atoms with E-state index in [9.17, 15) is 9.50 Å². The Balaban J connectivity index is 1.57. The van der Waals surface area contributed by atoms with Crippen molar-refractivity contribution >= 4 is 16.9 Å². The summed E-state index contributed by atoms with van der Waals surface area (Å²) in [5.74, 6) is 1.14. The first-order valence-electron chi connectivity index (χ1n) is 9.70. The van der Waals surface area contributed by atoms with Crippen molar-refractivity contribution < 1.29 is 14.2 Å². The van der Waals surface area contributed by atoms with Crippen molar-refractivity contribution in [3.63, 3.8) is 0 Å². The molecule has 0 fully saturated rings. The third-order valence-corrected chi connectivity index (χ3v) is 4.68. The smallest absolute Gasteiger partial charge is 0.191 e. The summed E-state index contributed by atoms with van der Waals surface area (Å²) in [5.41, 5.74) is 2.75. The minimum atomic E-state index is -0.701. The molecule has 4 N–H and O–H groups in total. The third kappa shape index (κ3) is 5.48. The minimum absolute atomic E-state index is 0.236. The van der Waals surface area contributed by atoms with Crippen LogP contribution in [-0.2, 0) is 6.42 Å². The lowest BCUT2D eigenvalue weighted by Gasteiger charge is -2.13. The van der Waals surface area contributed by atoms with E-state index in [1.807, 2.05) is 37.4 Å². The first kappa shape index (κ1) is 20.7. The number of aliphatic imine (C=N–C) groups is 1. The second kappa shape index (κ2) is 9.93. The number of aromatic amines is 1. The number of nitrogens with one attached hydrogen (secondary N) is 3. The number of benzene rings is 2. The summed E-state index contributed by atoms with van der Waals surface area (Å²) in [6.07, 6.45) is 1.92. The Morgan fingerprint density at radius 1 is 1.21 bits per heavy atom. The molecule has 0 saturated heterocycles. The number of ether oxygens (including phenoxy) is 1. The van der Waals surface area contributed by atoms with Crippen molar-refractivity contribution in [2.45, 2.75) is 19.4 Å². The summed E-state index contributed by atoms with van der Waals surface area (Å²) in [6.45, 7) is 3.57. The fraction of sp³-hybridized carbons (Fsp3) is 0.318. The number of hydrogen-bond acceptors (Lipinski definition) is 3. The summed E-state index contributed by atoms with van der Waals surface area (Å²) >= 11 is 0. The number of guanidine groups is 1. The second-order valence-corrected chi connectivity index (χ2v) is 6.69. The number of rotatable bonds is 8. The van der Waals surface area contributed by atoms with Gasteiger partial charge in [0.1, 0.15) is 11.6 Å². The Morgan fingerprint density at radius 2 is 2.00 bits per heavy atom. The molecule has 0 aliphatic heterocycles. The maximum atomic E-state index is 13.5. The molecule has 0 radical (unpaired) electrons. The van der Waals surface area contributed by atoms with E-state index in [4.69, 9.17) is 4.74 Å². The number of methoxy groups -OCH3 is 1. The van der Waals surface area contributed by atoms with E-state index in [0.29, 0.717) is 19.0 Å². The molecule has 0 bridgehead atoms. The normalized spacial score (nSPS) is 12.8. The van der Waals surface area contributed by atoms with Crippen LogP contribution in [0, 0.1) is 5.82 Å².